The SMILES string of the molecule is CCCN(OCCNC(=O)NCC)C(=O)C1=Cc2sc(CC3CN(C(=O)CCOCCOCCOCCOCCOCCOCCOCCOCCOCCOCCC(O)Oc4c(F)c(F)c(S(=O)(=O)O)c(F)c4F)C3)cc2N=C(N)C1. The molecule has 0 aliphatic carbocycles. The number of nitrogens with zero attached hydrogens (tertiary/aromatic N) is 3. The monoisotopic (exact) mass is 1220 g/mol. The molecule has 0 bridgehead atoms. The van der Waals surface area contributed by atoms with Crippen molar-refractivity contribution in [3.05, 3.63) is 44.7 Å². The number of urea groups is 1. The Bertz CT molecular complexity index is 2380. The number of aliphatic imine (C=N–C) groups is 1. The first-order valence-electron chi connectivity index (χ1n) is 26.9. The van der Waals surface area contributed by atoms with E-state index in [0.717, 1.165) is 21.9 Å². The van der Waals surface area contributed by atoms with E-state index in [0.29, 0.717) is 149 Å². The molecule has 0 radical (unpaired) electrons. The van der Waals surface area contributed by atoms with Gasteiger partial charge in [-0.05, 0) is 37.8 Å². The summed E-state index contributed by atoms with van der Waals surface area (Å²) in [5.41, 5.74) is 7.44. The Morgan fingerprint density at radius 3 is 1.67 bits per heavy atom. The summed E-state index contributed by atoms with van der Waals surface area (Å²) in [7, 11) is -5.63. The molecule has 466 valence electrons. The van der Waals surface area contributed by atoms with Crippen LogP contribution in [0.4, 0.5) is 28.0 Å². The van der Waals surface area contributed by atoms with Crippen LogP contribution in [0.15, 0.2) is 21.5 Å². The maximum atomic E-state index is 14.0. The number of rotatable bonds is 46. The quantitative estimate of drug-likeness (QED) is 0.0159. The Labute approximate surface area is 478 Å². The van der Waals surface area contributed by atoms with E-state index < -0.39 is 50.3 Å². The third kappa shape index (κ3) is 26.5. The van der Waals surface area contributed by atoms with Crippen molar-refractivity contribution in [1.82, 2.24) is 20.6 Å². The predicted molar refractivity (Wildman–Crippen MR) is 287 cm³/mol. The van der Waals surface area contributed by atoms with Gasteiger partial charge >= 0.3 is 16.1 Å². The molecular weight excluding hydrogens is 1140 g/mol. The second kappa shape index (κ2) is 39.8. The van der Waals surface area contributed by atoms with E-state index in [1.165, 1.54) is 5.06 Å². The van der Waals surface area contributed by atoms with Gasteiger partial charge in [0.1, 0.15) is 5.84 Å². The molecule has 2 aliphatic heterocycles. The number of nitrogens with one attached hydrogen (secondary N) is 2. The van der Waals surface area contributed by atoms with Crippen molar-refractivity contribution in [2.75, 3.05) is 171 Å². The molecule has 25 nitrogen and oxygen atoms in total. The summed E-state index contributed by atoms with van der Waals surface area (Å²) in [5, 5.41) is 16.4. The maximum Gasteiger partial charge on any atom is 0.314 e. The van der Waals surface area contributed by atoms with Crippen LogP contribution in [0.2, 0.25) is 0 Å². The van der Waals surface area contributed by atoms with Gasteiger partial charge in [-0.15, -0.1) is 11.3 Å². The lowest BCUT2D eigenvalue weighted by molar-refractivity contribution is -0.181. The van der Waals surface area contributed by atoms with Crippen LogP contribution < -0.4 is 21.1 Å². The molecule has 82 heavy (non-hydrogen) atoms. The molecule has 4 rings (SSSR count). The molecule has 1 aromatic heterocycles. The second-order valence-electron chi connectivity index (χ2n) is 17.9. The van der Waals surface area contributed by atoms with Crippen molar-refractivity contribution in [3.63, 3.8) is 0 Å². The molecule has 1 unspecified atom stereocenters. The Balaban J connectivity index is 0.857. The van der Waals surface area contributed by atoms with E-state index in [9.17, 15) is 45.5 Å². The number of hydrogen-bond acceptors (Lipinski definition) is 21. The Kier molecular flexibility index (Phi) is 33.8. The Morgan fingerprint density at radius 1 is 0.732 bits per heavy atom. The maximum absolute atomic E-state index is 14.0. The van der Waals surface area contributed by atoms with Crippen LogP contribution in [0, 0.1) is 29.2 Å². The molecule has 1 aromatic carbocycles. The van der Waals surface area contributed by atoms with E-state index in [1.807, 2.05) is 30.9 Å². The predicted octanol–water partition coefficient (Wildman–Crippen LogP) is 3.16. The number of hydroxylamine groups is 2. The van der Waals surface area contributed by atoms with Gasteiger partial charge in [-0.2, -0.15) is 17.2 Å². The summed E-state index contributed by atoms with van der Waals surface area (Å²) in [6, 6.07) is 1.70. The second-order valence-corrected chi connectivity index (χ2v) is 20.5. The van der Waals surface area contributed by atoms with Crippen molar-refractivity contribution in [1.29, 1.82) is 0 Å². The minimum Gasteiger partial charge on any atom is -0.459 e. The van der Waals surface area contributed by atoms with E-state index in [4.69, 9.17) is 62.5 Å². The van der Waals surface area contributed by atoms with Crippen LogP contribution in [0.25, 0.3) is 6.08 Å². The van der Waals surface area contributed by atoms with Gasteiger partial charge in [-0.3, -0.25) is 19.0 Å². The number of fused-ring (bicyclic) bond motifs is 1. The first kappa shape index (κ1) is 69.8. The third-order valence-electron chi connectivity index (χ3n) is 11.4. The highest BCUT2D eigenvalue weighted by Crippen LogP contribution is 2.37. The lowest BCUT2D eigenvalue weighted by Gasteiger charge is -2.39. The number of thiophene rings is 1. The van der Waals surface area contributed by atoms with Gasteiger partial charge in [0, 0.05) is 56.0 Å². The van der Waals surface area contributed by atoms with E-state index >= 15 is 0 Å². The summed E-state index contributed by atoms with van der Waals surface area (Å²) in [6.07, 6.45) is 1.40. The molecule has 1 atom stereocenters. The molecule has 4 amide bonds. The lowest BCUT2D eigenvalue weighted by Crippen LogP contribution is -2.50. The zero-order valence-corrected chi connectivity index (χ0v) is 47.9. The summed E-state index contributed by atoms with van der Waals surface area (Å²) in [6.45, 7) is 12.5. The molecule has 6 N–H and O–H groups in total. The van der Waals surface area contributed by atoms with Gasteiger partial charge in [0.05, 0.1) is 156 Å². The number of ether oxygens (including phenoxy) is 11. The molecule has 31 heteroatoms. The number of aliphatic hydroxyl groups excluding tert-OH is 1. The number of nitrogens with two attached hydrogens (primary N) is 1. The largest absolute Gasteiger partial charge is 0.459 e. The fourth-order valence-corrected chi connectivity index (χ4v) is 9.31. The zero-order valence-electron chi connectivity index (χ0n) is 46.3. The minimum atomic E-state index is -5.63. The summed E-state index contributed by atoms with van der Waals surface area (Å²) >= 11 is 1.56. The van der Waals surface area contributed by atoms with Crippen LogP contribution in [0.3, 0.4) is 0 Å². The van der Waals surface area contributed by atoms with Crippen molar-refractivity contribution in [2.45, 2.75) is 57.1 Å². The van der Waals surface area contributed by atoms with Crippen LogP contribution in [0.1, 0.15) is 49.3 Å². The molecule has 0 spiro atoms. The summed E-state index contributed by atoms with van der Waals surface area (Å²) in [4.78, 5) is 49.8. The van der Waals surface area contributed by atoms with Gasteiger partial charge < -0.3 is 78.5 Å². The highest BCUT2D eigenvalue weighted by atomic mass is 32.2. The third-order valence-corrected chi connectivity index (χ3v) is 13.4. The smallest absolute Gasteiger partial charge is 0.314 e. The number of hydrogen-bond donors (Lipinski definition) is 5. The Morgan fingerprint density at radius 2 is 1.21 bits per heavy atom. The number of likely N-dealkylation sites (tertiary alicyclic amines) is 1. The van der Waals surface area contributed by atoms with Crippen molar-refractivity contribution >= 4 is 56.9 Å². The van der Waals surface area contributed by atoms with Gasteiger partial charge in [0.15, 0.2) is 28.6 Å². The number of carbonyl (C=O) groups is 3. The van der Waals surface area contributed by atoms with Crippen LogP contribution in [-0.2, 0) is 78.3 Å². The van der Waals surface area contributed by atoms with Crippen molar-refractivity contribution < 1.29 is 107 Å². The highest BCUT2D eigenvalue weighted by Gasteiger charge is 2.35. The number of benzene rings is 1. The molecule has 0 saturated carbocycles. The van der Waals surface area contributed by atoms with E-state index in [1.54, 1.807) is 11.3 Å². The van der Waals surface area contributed by atoms with E-state index in [-0.39, 0.29) is 83.3 Å². The summed E-state index contributed by atoms with van der Waals surface area (Å²) in [5.74, 6) is -10.7. The van der Waals surface area contributed by atoms with Crippen LogP contribution >= 0.6 is 11.3 Å². The average Bonchev–Trinajstić information content (AvgIpc) is 2.98. The number of carbonyl (C=O) groups excluding carboxylic acids is 3. The topological polar surface area (TPSA) is 305 Å². The molecule has 1 saturated heterocycles. The van der Waals surface area contributed by atoms with E-state index in [2.05, 4.69) is 20.4 Å². The normalized spacial score (nSPS) is 14.0. The lowest BCUT2D eigenvalue weighted by atomic mass is 9.95. The molecule has 3 heterocycles. The van der Waals surface area contributed by atoms with Crippen LogP contribution in [0.5, 0.6) is 5.75 Å². The number of aliphatic hydroxyl groups is 1. The molecule has 2 aromatic rings. The average molecular weight is 1220 g/mol. The van der Waals surface area contributed by atoms with Gasteiger partial charge in [-0.1, -0.05) is 6.92 Å². The Hall–Kier alpha value is -4.71. The molecular formula is C51H78F4N6O19S2. The fraction of sp³-hybridized carbons (Fsp3) is 0.686. The van der Waals surface area contributed by atoms with Gasteiger partial charge in [-0.25, -0.2) is 23.6 Å². The fourth-order valence-electron chi connectivity index (χ4n) is 7.49. The number of amidine groups is 1. The summed E-state index contributed by atoms with van der Waals surface area (Å²) < 4.78 is 146. The number of amides is 4. The minimum absolute atomic E-state index is 0.0442. The van der Waals surface area contributed by atoms with Gasteiger partial charge in [0.25, 0.3) is 5.91 Å². The van der Waals surface area contributed by atoms with Crippen molar-refractivity contribution in [2.24, 2.45) is 16.6 Å². The van der Waals surface area contributed by atoms with Crippen LogP contribution in [-0.4, -0.2) is 229 Å². The highest BCUT2D eigenvalue weighted by molar-refractivity contribution is 7.85. The molecule has 2 aliphatic rings. The first-order valence-corrected chi connectivity index (χ1v) is 29.2. The van der Waals surface area contributed by atoms with Gasteiger partial charge in [0.2, 0.25) is 17.5 Å². The molecule has 1 fully saturated rings. The number of halogens is 4. The zero-order chi connectivity index (χ0) is 59.5. The first-order chi connectivity index (χ1) is 39.5. The standard InChI is InChI=1S/C51H78F4N6O19S2/c1-3-8-61(79-11-7-58-51(65)57-4-2)50(64)37-31-40-39(59-41(56)32-37)33-38(81-40)30-36-34-60(35-36)42(62)5-9-69-12-14-71-16-18-73-20-22-75-24-26-77-28-29-78-27-25-76-23-21-74-19-17-72-15-13-70-10-6-43(63)80-48-44(52)46(54)49(82(66,67)68)47(55)45(48)53/h31,33,36,43,63H,3-30,32,34-35H2,1-2H3,(H2,56,59)(H2,57,58,65)(H,66,67,68). The van der Waals surface area contributed by atoms with Crippen molar-refractivity contribution in [3.8, 4) is 5.75 Å².